The standard InChI is InChI=1S/C13H11NO3S/c1-17-11-5-2-9(3-6-11)10-4-7-13(18)12(8-10)14(15)16/h2-8,18H,1H3. The van der Waals surface area contributed by atoms with Gasteiger partial charge in [0.05, 0.1) is 16.9 Å². The Kier molecular flexibility index (Phi) is 3.53. The van der Waals surface area contributed by atoms with Crippen LogP contribution in [0.4, 0.5) is 5.69 Å². The van der Waals surface area contributed by atoms with Crippen LogP contribution in [0.3, 0.4) is 0 Å². The molecule has 5 heteroatoms. The van der Waals surface area contributed by atoms with E-state index in [9.17, 15) is 10.1 Å². The molecule has 0 aliphatic carbocycles. The van der Waals surface area contributed by atoms with Gasteiger partial charge < -0.3 is 4.74 Å². The van der Waals surface area contributed by atoms with E-state index in [4.69, 9.17) is 4.74 Å². The molecule has 0 aliphatic heterocycles. The van der Waals surface area contributed by atoms with Crippen LogP contribution >= 0.6 is 12.6 Å². The molecule has 18 heavy (non-hydrogen) atoms. The Morgan fingerprint density at radius 2 is 1.72 bits per heavy atom. The summed E-state index contributed by atoms with van der Waals surface area (Å²) in [6, 6.07) is 12.3. The van der Waals surface area contributed by atoms with Gasteiger partial charge in [0, 0.05) is 6.07 Å². The highest BCUT2D eigenvalue weighted by Gasteiger charge is 2.12. The Hall–Kier alpha value is -2.01. The summed E-state index contributed by atoms with van der Waals surface area (Å²) >= 11 is 4.07. The van der Waals surface area contributed by atoms with Crippen molar-refractivity contribution in [3.63, 3.8) is 0 Å². The van der Waals surface area contributed by atoms with Gasteiger partial charge in [-0.3, -0.25) is 10.1 Å². The van der Waals surface area contributed by atoms with E-state index >= 15 is 0 Å². The molecule has 2 aromatic rings. The van der Waals surface area contributed by atoms with Gasteiger partial charge in [0.25, 0.3) is 5.69 Å². The molecule has 2 aromatic carbocycles. The minimum Gasteiger partial charge on any atom is -0.497 e. The number of thiol groups is 1. The average molecular weight is 261 g/mol. The van der Waals surface area contributed by atoms with Gasteiger partial charge in [-0.25, -0.2) is 0 Å². The largest absolute Gasteiger partial charge is 0.497 e. The molecular formula is C13H11NO3S. The van der Waals surface area contributed by atoms with Crippen LogP contribution in [0.15, 0.2) is 47.4 Å². The summed E-state index contributed by atoms with van der Waals surface area (Å²) in [6.45, 7) is 0. The molecular weight excluding hydrogens is 250 g/mol. The fraction of sp³-hybridized carbons (Fsp3) is 0.0769. The van der Waals surface area contributed by atoms with Crippen LogP contribution < -0.4 is 4.74 Å². The zero-order chi connectivity index (χ0) is 13.1. The van der Waals surface area contributed by atoms with Gasteiger partial charge in [0.2, 0.25) is 0 Å². The quantitative estimate of drug-likeness (QED) is 0.522. The molecule has 0 aromatic heterocycles. The lowest BCUT2D eigenvalue weighted by Gasteiger charge is -2.04. The smallest absolute Gasteiger partial charge is 0.283 e. The second-order valence-electron chi connectivity index (χ2n) is 3.69. The summed E-state index contributed by atoms with van der Waals surface area (Å²) in [5.41, 5.74) is 1.68. The predicted octanol–water partition coefficient (Wildman–Crippen LogP) is 3.56. The minimum absolute atomic E-state index is 0.00616. The third-order valence-corrected chi connectivity index (χ3v) is 2.97. The van der Waals surface area contributed by atoms with Gasteiger partial charge in [-0.2, -0.15) is 0 Å². The van der Waals surface area contributed by atoms with Crippen LogP contribution in [0.2, 0.25) is 0 Å². The van der Waals surface area contributed by atoms with Crippen molar-refractivity contribution in [1.82, 2.24) is 0 Å². The van der Waals surface area contributed by atoms with Gasteiger partial charge in [-0.05, 0) is 29.3 Å². The molecule has 0 bridgehead atoms. The van der Waals surface area contributed by atoms with Crippen molar-refractivity contribution in [2.45, 2.75) is 4.90 Å². The van der Waals surface area contributed by atoms with E-state index in [1.165, 1.54) is 6.07 Å². The van der Waals surface area contributed by atoms with Crippen molar-refractivity contribution < 1.29 is 9.66 Å². The van der Waals surface area contributed by atoms with Crippen molar-refractivity contribution in [3.8, 4) is 16.9 Å². The van der Waals surface area contributed by atoms with Gasteiger partial charge in [0.1, 0.15) is 5.75 Å². The summed E-state index contributed by atoms with van der Waals surface area (Å²) in [7, 11) is 1.59. The zero-order valence-corrected chi connectivity index (χ0v) is 10.6. The Balaban J connectivity index is 2.44. The number of hydrogen-bond donors (Lipinski definition) is 1. The topological polar surface area (TPSA) is 52.4 Å². The molecule has 0 radical (unpaired) electrons. The van der Waals surface area contributed by atoms with Gasteiger partial charge in [0.15, 0.2) is 0 Å². The van der Waals surface area contributed by atoms with E-state index in [-0.39, 0.29) is 5.69 Å². The lowest BCUT2D eigenvalue weighted by molar-refractivity contribution is -0.387. The Morgan fingerprint density at radius 1 is 1.11 bits per heavy atom. The van der Waals surface area contributed by atoms with Crippen LogP contribution in [-0.2, 0) is 0 Å². The fourth-order valence-corrected chi connectivity index (χ4v) is 1.85. The molecule has 0 aliphatic rings. The first kappa shape index (κ1) is 12.4. The first-order valence-corrected chi connectivity index (χ1v) is 5.68. The average Bonchev–Trinajstić information content (AvgIpc) is 2.39. The third-order valence-electron chi connectivity index (χ3n) is 2.60. The van der Waals surface area contributed by atoms with Gasteiger partial charge in [-0.1, -0.05) is 18.2 Å². The molecule has 0 heterocycles. The van der Waals surface area contributed by atoms with E-state index in [1.54, 1.807) is 19.2 Å². The summed E-state index contributed by atoms with van der Waals surface area (Å²) < 4.78 is 5.07. The minimum atomic E-state index is -0.435. The van der Waals surface area contributed by atoms with Crippen molar-refractivity contribution in [1.29, 1.82) is 0 Å². The molecule has 0 spiro atoms. The molecule has 92 valence electrons. The van der Waals surface area contributed by atoms with Gasteiger partial charge in [-0.15, -0.1) is 12.6 Å². The molecule has 0 atom stereocenters. The second-order valence-corrected chi connectivity index (χ2v) is 4.17. The maximum atomic E-state index is 10.8. The molecule has 4 nitrogen and oxygen atoms in total. The van der Waals surface area contributed by atoms with Crippen LogP contribution in [0.25, 0.3) is 11.1 Å². The van der Waals surface area contributed by atoms with E-state index in [0.29, 0.717) is 4.90 Å². The van der Waals surface area contributed by atoms with Crippen LogP contribution in [0, 0.1) is 10.1 Å². The van der Waals surface area contributed by atoms with Crippen molar-refractivity contribution in [2.24, 2.45) is 0 Å². The fourth-order valence-electron chi connectivity index (χ4n) is 1.63. The van der Waals surface area contributed by atoms with Crippen LogP contribution in [-0.4, -0.2) is 12.0 Å². The summed E-state index contributed by atoms with van der Waals surface area (Å²) in [6.07, 6.45) is 0. The molecule has 0 saturated carbocycles. The summed E-state index contributed by atoms with van der Waals surface area (Å²) in [4.78, 5) is 10.8. The van der Waals surface area contributed by atoms with Gasteiger partial charge >= 0.3 is 0 Å². The van der Waals surface area contributed by atoms with Crippen molar-refractivity contribution in [2.75, 3.05) is 7.11 Å². The highest BCUT2D eigenvalue weighted by Crippen LogP contribution is 2.29. The Morgan fingerprint density at radius 3 is 2.28 bits per heavy atom. The first-order valence-electron chi connectivity index (χ1n) is 5.23. The number of nitro benzene ring substituents is 1. The lowest BCUT2D eigenvalue weighted by atomic mass is 10.1. The Bertz CT molecular complexity index is 581. The molecule has 0 amide bonds. The van der Waals surface area contributed by atoms with E-state index in [2.05, 4.69) is 12.6 Å². The molecule has 2 rings (SSSR count). The SMILES string of the molecule is COc1ccc(-c2ccc(S)c([N+](=O)[O-])c2)cc1. The van der Waals surface area contributed by atoms with E-state index in [0.717, 1.165) is 16.9 Å². The highest BCUT2D eigenvalue weighted by atomic mass is 32.1. The van der Waals surface area contributed by atoms with Crippen LogP contribution in [0.1, 0.15) is 0 Å². The number of hydrogen-bond acceptors (Lipinski definition) is 4. The molecule has 0 unspecified atom stereocenters. The first-order chi connectivity index (χ1) is 8.61. The maximum Gasteiger partial charge on any atom is 0.283 e. The number of ether oxygens (including phenoxy) is 1. The number of nitrogens with zero attached hydrogens (tertiary/aromatic N) is 1. The third kappa shape index (κ3) is 2.46. The monoisotopic (exact) mass is 261 g/mol. The Labute approximate surface area is 110 Å². The van der Waals surface area contributed by atoms with Crippen LogP contribution in [0.5, 0.6) is 5.75 Å². The van der Waals surface area contributed by atoms with Crippen molar-refractivity contribution in [3.05, 3.63) is 52.6 Å². The zero-order valence-electron chi connectivity index (χ0n) is 9.66. The normalized spacial score (nSPS) is 10.1. The molecule has 0 fully saturated rings. The van der Waals surface area contributed by atoms with E-state index < -0.39 is 4.92 Å². The number of nitro groups is 1. The summed E-state index contributed by atoms with van der Waals surface area (Å²) in [5.74, 6) is 0.749. The second kappa shape index (κ2) is 5.10. The molecule has 0 saturated heterocycles. The molecule has 0 N–H and O–H groups in total. The van der Waals surface area contributed by atoms with Crippen molar-refractivity contribution >= 4 is 18.3 Å². The predicted molar refractivity (Wildman–Crippen MR) is 72.3 cm³/mol. The van der Waals surface area contributed by atoms with E-state index in [1.807, 2.05) is 24.3 Å². The number of benzene rings is 2. The number of rotatable bonds is 3. The highest BCUT2D eigenvalue weighted by molar-refractivity contribution is 7.80. The lowest BCUT2D eigenvalue weighted by Crippen LogP contribution is -1.90. The number of methoxy groups -OCH3 is 1. The summed E-state index contributed by atoms with van der Waals surface area (Å²) in [5, 5.41) is 10.8. The maximum absolute atomic E-state index is 10.8.